The monoisotopic (exact) mass is 222 g/mol. The maximum atomic E-state index is 11.1. The van der Waals surface area contributed by atoms with E-state index in [0.29, 0.717) is 11.6 Å². The highest BCUT2D eigenvalue weighted by atomic mass is 16.1. The first-order valence-corrected chi connectivity index (χ1v) is 6.29. The van der Waals surface area contributed by atoms with Crippen LogP contribution in [0.1, 0.15) is 51.4 Å². The zero-order chi connectivity index (χ0) is 12.0. The highest BCUT2D eigenvalue weighted by molar-refractivity contribution is 5.79. The molecule has 2 aliphatic carbocycles. The molecule has 2 nitrogen and oxygen atoms in total. The Kier molecular flexibility index (Phi) is 5.44. The lowest BCUT2D eigenvalue weighted by atomic mass is 9.73. The zero-order valence-electron chi connectivity index (χ0n) is 10.0. The predicted octanol–water partition coefficient (Wildman–Crippen LogP) is 3.31. The Balaban J connectivity index is 0.000000606. The van der Waals surface area contributed by atoms with Gasteiger partial charge in [-0.25, -0.2) is 0 Å². The van der Waals surface area contributed by atoms with Crippen molar-refractivity contribution in [2.75, 3.05) is 0 Å². The summed E-state index contributed by atoms with van der Waals surface area (Å²) in [5, 5.41) is 0. The first kappa shape index (κ1) is 13.1. The lowest BCUT2D eigenvalue weighted by Crippen LogP contribution is -2.25. The van der Waals surface area contributed by atoms with Gasteiger partial charge < -0.3 is 0 Å². The average molecular weight is 222 g/mol. The van der Waals surface area contributed by atoms with Gasteiger partial charge in [-0.05, 0) is 37.5 Å². The maximum absolute atomic E-state index is 11.1. The number of ketones is 2. The van der Waals surface area contributed by atoms with Gasteiger partial charge in [-0.15, -0.1) is 13.2 Å². The lowest BCUT2D eigenvalue weighted by Gasteiger charge is -2.31. The molecule has 0 radical (unpaired) electrons. The fraction of sp³-hybridized carbons (Fsp3) is 0.714. The second-order valence-electron chi connectivity index (χ2n) is 4.75. The molecule has 2 saturated carbocycles. The summed E-state index contributed by atoms with van der Waals surface area (Å²) in [4.78, 5) is 22.2. The first-order valence-electron chi connectivity index (χ1n) is 6.29. The molecule has 2 rings (SSSR count). The van der Waals surface area contributed by atoms with E-state index in [1.54, 1.807) is 0 Å². The van der Waals surface area contributed by atoms with Gasteiger partial charge >= 0.3 is 0 Å². The Bertz CT molecular complexity index is 211. The highest BCUT2D eigenvalue weighted by Crippen LogP contribution is 2.36. The van der Waals surface area contributed by atoms with Gasteiger partial charge in [0.05, 0.1) is 0 Å². The van der Waals surface area contributed by atoms with Crippen molar-refractivity contribution in [3.8, 4) is 0 Å². The van der Waals surface area contributed by atoms with Gasteiger partial charge in [0.25, 0.3) is 0 Å². The molecule has 16 heavy (non-hydrogen) atoms. The van der Waals surface area contributed by atoms with E-state index in [9.17, 15) is 9.59 Å². The van der Waals surface area contributed by atoms with E-state index in [1.807, 2.05) is 0 Å². The van der Waals surface area contributed by atoms with E-state index in [1.165, 1.54) is 0 Å². The van der Waals surface area contributed by atoms with E-state index in [-0.39, 0.29) is 0 Å². The molecule has 0 spiro atoms. The molecule has 0 saturated heterocycles. The van der Waals surface area contributed by atoms with Crippen LogP contribution in [-0.4, -0.2) is 11.6 Å². The van der Waals surface area contributed by atoms with Crippen molar-refractivity contribution >= 4 is 11.6 Å². The quantitative estimate of drug-likeness (QED) is 0.638. The van der Waals surface area contributed by atoms with Gasteiger partial charge in [0.15, 0.2) is 0 Å². The Morgan fingerprint density at radius 3 is 1.19 bits per heavy atom. The molecule has 0 N–H and O–H groups in total. The van der Waals surface area contributed by atoms with E-state index in [4.69, 9.17) is 0 Å². The third-order valence-corrected chi connectivity index (χ3v) is 3.84. The van der Waals surface area contributed by atoms with Crippen LogP contribution < -0.4 is 0 Å². The number of hydrogen-bond acceptors (Lipinski definition) is 2. The van der Waals surface area contributed by atoms with Crippen molar-refractivity contribution in [1.82, 2.24) is 0 Å². The number of carbonyl (C=O) groups excluding carboxylic acids is 2. The van der Waals surface area contributed by atoms with E-state index < -0.39 is 0 Å². The Morgan fingerprint density at radius 2 is 0.938 bits per heavy atom. The second-order valence-corrected chi connectivity index (χ2v) is 4.75. The molecule has 0 bridgehead atoms. The van der Waals surface area contributed by atoms with Crippen LogP contribution in [0.3, 0.4) is 0 Å². The summed E-state index contributed by atoms with van der Waals surface area (Å²) in [5.74, 6) is 2.35. The molecule has 0 aromatic rings. The van der Waals surface area contributed by atoms with Gasteiger partial charge in [-0.2, -0.15) is 0 Å². The standard InChI is InChI=1S/C12H18O2.C2H4/c13-11-5-1-9(2-6-11)10-3-7-12(14)8-4-10;1-2/h9-10H,1-8H2;1-2H2. The average Bonchev–Trinajstić information content (AvgIpc) is 2.34. The smallest absolute Gasteiger partial charge is 0.132 e. The molecule has 2 aliphatic rings. The van der Waals surface area contributed by atoms with Crippen LogP contribution in [0.5, 0.6) is 0 Å². The Hall–Kier alpha value is -0.920. The molecule has 0 amide bonds. The van der Waals surface area contributed by atoms with Crippen molar-refractivity contribution in [2.45, 2.75) is 51.4 Å². The van der Waals surface area contributed by atoms with Crippen molar-refractivity contribution in [3.63, 3.8) is 0 Å². The fourth-order valence-electron chi connectivity index (χ4n) is 2.87. The molecule has 0 aromatic heterocycles. The minimum atomic E-state index is 0.438. The van der Waals surface area contributed by atoms with E-state index in [0.717, 1.165) is 63.2 Å². The van der Waals surface area contributed by atoms with Gasteiger partial charge in [0, 0.05) is 25.7 Å². The molecule has 2 fully saturated rings. The summed E-state index contributed by atoms with van der Waals surface area (Å²) < 4.78 is 0. The number of carbonyl (C=O) groups is 2. The van der Waals surface area contributed by atoms with Crippen molar-refractivity contribution in [3.05, 3.63) is 13.2 Å². The van der Waals surface area contributed by atoms with Gasteiger partial charge in [0.2, 0.25) is 0 Å². The molecule has 90 valence electrons. The minimum Gasteiger partial charge on any atom is -0.300 e. The molecule has 0 unspecified atom stereocenters. The van der Waals surface area contributed by atoms with Crippen molar-refractivity contribution in [1.29, 1.82) is 0 Å². The highest BCUT2D eigenvalue weighted by Gasteiger charge is 2.29. The van der Waals surface area contributed by atoms with Crippen molar-refractivity contribution < 1.29 is 9.59 Å². The normalized spacial score (nSPS) is 23.8. The minimum absolute atomic E-state index is 0.438. The van der Waals surface area contributed by atoms with Crippen LogP contribution in [0.4, 0.5) is 0 Å². The zero-order valence-corrected chi connectivity index (χ0v) is 10.0. The fourth-order valence-corrected chi connectivity index (χ4v) is 2.87. The lowest BCUT2D eigenvalue weighted by molar-refractivity contribution is -0.124. The first-order chi connectivity index (χ1) is 7.75. The summed E-state index contributed by atoms with van der Waals surface area (Å²) in [6, 6.07) is 0. The number of hydrogen-bond donors (Lipinski definition) is 0. The Labute approximate surface area is 98.1 Å². The van der Waals surface area contributed by atoms with Gasteiger partial charge in [-0.3, -0.25) is 9.59 Å². The topological polar surface area (TPSA) is 34.1 Å². The van der Waals surface area contributed by atoms with E-state index in [2.05, 4.69) is 13.2 Å². The molecule has 0 aliphatic heterocycles. The van der Waals surface area contributed by atoms with Crippen LogP contribution in [0.25, 0.3) is 0 Å². The van der Waals surface area contributed by atoms with Crippen LogP contribution in [-0.2, 0) is 9.59 Å². The van der Waals surface area contributed by atoms with Crippen molar-refractivity contribution in [2.24, 2.45) is 11.8 Å². The van der Waals surface area contributed by atoms with Crippen LogP contribution >= 0.6 is 0 Å². The number of rotatable bonds is 1. The van der Waals surface area contributed by atoms with Crippen LogP contribution in [0.15, 0.2) is 13.2 Å². The van der Waals surface area contributed by atoms with Crippen LogP contribution in [0.2, 0.25) is 0 Å². The maximum Gasteiger partial charge on any atom is 0.132 e. The molecular formula is C14H22O2. The summed E-state index contributed by atoms with van der Waals surface area (Å²) in [6.45, 7) is 6.00. The molecule has 0 aromatic carbocycles. The SMILES string of the molecule is C=C.O=C1CCC(C2CCC(=O)CC2)CC1. The Morgan fingerprint density at radius 1 is 0.688 bits per heavy atom. The third kappa shape index (κ3) is 3.58. The predicted molar refractivity (Wildman–Crippen MR) is 65.2 cm³/mol. The summed E-state index contributed by atoms with van der Waals surface area (Å²) >= 11 is 0. The second kappa shape index (κ2) is 6.62. The molecular weight excluding hydrogens is 200 g/mol. The molecule has 0 atom stereocenters. The third-order valence-electron chi connectivity index (χ3n) is 3.84. The number of Topliss-reactive ketones (excluding diaryl/α,β-unsaturated/α-hetero) is 2. The summed E-state index contributed by atoms with van der Waals surface area (Å²) in [5.41, 5.74) is 0. The molecule has 0 heterocycles. The van der Waals surface area contributed by atoms with Gasteiger partial charge in [0.1, 0.15) is 11.6 Å². The van der Waals surface area contributed by atoms with Crippen LogP contribution in [0, 0.1) is 11.8 Å². The summed E-state index contributed by atoms with van der Waals surface area (Å²) in [7, 11) is 0. The van der Waals surface area contributed by atoms with Gasteiger partial charge in [-0.1, -0.05) is 0 Å². The molecule has 2 heteroatoms. The largest absolute Gasteiger partial charge is 0.300 e. The summed E-state index contributed by atoms with van der Waals surface area (Å²) in [6.07, 6.45) is 7.47. The van der Waals surface area contributed by atoms with E-state index >= 15 is 0 Å².